The summed E-state index contributed by atoms with van der Waals surface area (Å²) in [6.07, 6.45) is 0. The minimum Gasteiger partial charge on any atom is -0.508 e. The van der Waals surface area contributed by atoms with Crippen LogP contribution < -0.4 is 5.32 Å². The Labute approximate surface area is 119 Å². The molecule has 6 nitrogen and oxygen atoms in total. The van der Waals surface area contributed by atoms with Gasteiger partial charge in [-0.3, -0.25) is 14.9 Å². The first-order valence-electron chi connectivity index (χ1n) is 5.93. The number of aryl methyl sites for hydroxylation is 1. The number of nitrogens with one attached hydrogen (secondary N) is 1. The minimum atomic E-state index is -1.01. The summed E-state index contributed by atoms with van der Waals surface area (Å²) in [4.78, 5) is 21.7. The number of rotatable bonds is 3. The summed E-state index contributed by atoms with van der Waals surface area (Å²) in [7, 11) is 0. The van der Waals surface area contributed by atoms with E-state index >= 15 is 0 Å². The van der Waals surface area contributed by atoms with Gasteiger partial charge in [0.1, 0.15) is 5.75 Å². The molecule has 7 heteroatoms. The first-order valence-corrected chi connectivity index (χ1v) is 5.93. The molecule has 0 aliphatic heterocycles. The maximum absolute atomic E-state index is 13.2. The fraction of sp³-hybridized carbons (Fsp3) is 0.0714. The van der Waals surface area contributed by atoms with Gasteiger partial charge in [0.05, 0.1) is 4.92 Å². The van der Waals surface area contributed by atoms with Crippen LogP contribution in [0.25, 0.3) is 0 Å². The zero-order chi connectivity index (χ0) is 15.6. The molecule has 2 aromatic rings. The Kier molecular flexibility index (Phi) is 3.84. The number of hydrogen-bond donors (Lipinski definition) is 2. The van der Waals surface area contributed by atoms with E-state index in [1.165, 1.54) is 6.07 Å². The number of phenolic OH excluding ortho intramolecular Hbond substituents is 1. The molecule has 0 aliphatic carbocycles. The number of aromatic hydroxyl groups is 1. The first kappa shape index (κ1) is 14.4. The second-order valence-electron chi connectivity index (χ2n) is 4.38. The van der Waals surface area contributed by atoms with Crippen molar-refractivity contribution in [2.75, 3.05) is 5.32 Å². The number of carbonyl (C=O) groups excluding carboxylic acids is 1. The maximum Gasteiger partial charge on any atom is 0.305 e. The average Bonchev–Trinajstić information content (AvgIpc) is 2.43. The minimum absolute atomic E-state index is 0.0119. The van der Waals surface area contributed by atoms with Gasteiger partial charge in [-0.05, 0) is 30.7 Å². The third-order valence-corrected chi connectivity index (χ3v) is 2.87. The molecule has 108 valence electrons. The highest BCUT2D eigenvalue weighted by atomic mass is 19.1. The summed E-state index contributed by atoms with van der Waals surface area (Å²) in [6.45, 7) is 1.70. The Bertz CT molecular complexity index is 731. The third kappa shape index (κ3) is 3.14. The van der Waals surface area contributed by atoms with Crippen LogP contribution in [0.4, 0.5) is 15.8 Å². The number of hydrogen-bond acceptors (Lipinski definition) is 4. The molecule has 0 fully saturated rings. The van der Waals surface area contributed by atoms with Crippen LogP contribution >= 0.6 is 0 Å². The molecule has 2 aromatic carbocycles. The molecule has 0 saturated carbocycles. The Balaban J connectivity index is 2.26. The van der Waals surface area contributed by atoms with E-state index in [0.717, 1.165) is 18.2 Å². The number of nitrogens with zero attached hydrogens (tertiary/aromatic N) is 1. The molecule has 0 radical (unpaired) electrons. The number of amides is 1. The van der Waals surface area contributed by atoms with Crippen LogP contribution in [0.2, 0.25) is 0 Å². The summed E-state index contributed by atoms with van der Waals surface area (Å²) < 4.78 is 13.2. The van der Waals surface area contributed by atoms with E-state index in [1.807, 2.05) is 0 Å². The van der Waals surface area contributed by atoms with Crippen molar-refractivity contribution in [3.8, 4) is 5.75 Å². The van der Waals surface area contributed by atoms with Crippen molar-refractivity contribution in [2.24, 2.45) is 0 Å². The topological polar surface area (TPSA) is 92.5 Å². The molecule has 0 heterocycles. The number of anilines is 1. The van der Waals surface area contributed by atoms with Gasteiger partial charge in [0.2, 0.25) is 5.82 Å². The van der Waals surface area contributed by atoms with Crippen LogP contribution in [0.1, 0.15) is 15.9 Å². The number of phenols is 1. The van der Waals surface area contributed by atoms with Crippen LogP contribution in [-0.4, -0.2) is 15.9 Å². The lowest BCUT2D eigenvalue weighted by Crippen LogP contribution is -2.12. The average molecular weight is 290 g/mol. The zero-order valence-electron chi connectivity index (χ0n) is 11.0. The van der Waals surface area contributed by atoms with Gasteiger partial charge in [0.15, 0.2) is 0 Å². The monoisotopic (exact) mass is 290 g/mol. The lowest BCUT2D eigenvalue weighted by atomic mass is 10.1. The lowest BCUT2D eigenvalue weighted by molar-refractivity contribution is -0.387. The van der Waals surface area contributed by atoms with Crippen LogP contribution in [-0.2, 0) is 0 Å². The van der Waals surface area contributed by atoms with Crippen LogP contribution in [0, 0.1) is 22.9 Å². The molecule has 21 heavy (non-hydrogen) atoms. The second-order valence-corrected chi connectivity index (χ2v) is 4.38. The van der Waals surface area contributed by atoms with E-state index in [-0.39, 0.29) is 11.3 Å². The lowest BCUT2D eigenvalue weighted by Gasteiger charge is -2.07. The van der Waals surface area contributed by atoms with Gasteiger partial charge in [-0.2, -0.15) is 4.39 Å². The van der Waals surface area contributed by atoms with Crippen LogP contribution in [0.3, 0.4) is 0 Å². The summed E-state index contributed by atoms with van der Waals surface area (Å²) >= 11 is 0. The van der Waals surface area contributed by atoms with Crippen LogP contribution in [0.15, 0.2) is 36.4 Å². The molecule has 0 saturated heterocycles. The van der Waals surface area contributed by atoms with Gasteiger partial charge in [-0.1, -0.05) is 6.07 Å². The predicted molar refractivity (Wildman–Crippen MR) is 73.9 cm³/mol. The molecule has 2 N–H and O–H groups in total. The molecule has 0 atom stereocenters. The molecule has 0 unspecified atom stereocenters. The molecule has 0 spiro atoms. The van der Waals surface area contributed by atoms with E-state index < -0.39 is 22.3 Å². The van der Waals surface area contributed by atoms with Gasteiger partial charge in [-0.25, -0.2) is 0 Å². The van der Waals surface area contributed by atoms with Crippen molar-refractivity contribution in [3.63, 3.8) is 0 Å². The Hall–Kier alpha value is -2.96. The highest BCUT2D eigenvalue weighted by Crippen LogP contribution is 2.22. The quantitative estimate of drug-likeness (QED) is 0.671. The maximum atomic E-state index is 13.2. The van der Waals surface area contributed by atoms with Gasteiger partial charge in [-0.15, -0.1) is 0 Å². The number of benzene rings is 2. The molecular weight excluding hydrogens is 279 g/mol. The summed E-state index contributed by atoms with van der Waals surface area (Å²) in [6, 6.07) is 7.40. The zero-order valence-corrected chi connectivity index (χ0v) is 11.0. The predicted octanol–water partition coefficient (Wildman–Crippen LogP) is 3.00. The number of halogens is 1. The fourth-order valence-electron chi connectivity index (χ4n) is 1.68. The largest absolute Gasteiger partial charge is 0.508 e. The molecule has 1 amide bonds. The van der Waals surface area contributed by atoms with E-state index in [1.54, 1.807) is 19.1 Å². The summed E-state index contributed by atoms with van der Waals surface area (Å²) in [5, 5.41) is 22.7. The molecule has 0 aromatic heterocycles. The van der Waals surface area contributed by atoms with E-state index in [2.05, 4.69) is 5.32 Å². The number of nitro benzene ring substituents is 1. The van der Waals surface area contributed by atoms with Crippen molar-refractivity contribution in [1.82, 2.24) is 0 Å². The molecule has 2 rings (SSSR count). The van der Waals surface area contributed by atoms with Crippen molar-refractivity contribution in [2.45, 2.75) is 6.92 Å². The molecule has 0 aliphatic rings. The molecular formula is C14H11FN2O4. The van der Waals surface area contributed by atoms with Crippen LogP contribution in [0.5, 0.6) is 5.75 Å². The Morgan fingerprint density at radius 3 is 2.62 bits per heavy atom. The van der Waals surface area contributed by atoms with Gasteiger partial charge in [0.25, 0.3) is 5.91 Å². The van der Waals surface area contributed by atoms with E-state index in [0.29, 0.717) is 11.3 Å². The smallest absolute Gasteiger partial charge is 0.305 e. The highest BCUT2D eigenvalue weighted by molar-refractivity contribution is 6.04. The number of carbonyl (C=O) groups is 1. The van der Waals surface area contributed by atoms with Crippen molar-refractivity contribution in [1.29, 1.82) is 0 Å². The Morgan fingerprint density at radius 1 is 1.29 bits per heavy atom. The van der Waals surface area contributed by atoms with E-state index in [9.17, 15) is 24.4 Å². The number of nitro groups is 1. The first-order chi connectivity index (χ1) is 9.88. The summed E-state index contributed by atoms with van der Waals surface area (Å²) in [5.41, 5.74) is 0.151. The Morgan fingerprint density at radius 2 is 2.00 bits per heavy atom. The normalized spacial score (nSPS) is 10.2. The van der Waals surface area contributed by atoms with Crippen molar-refractivity contribution >= 4 is 17.3 Å². The van der Waals surface area contributed by atoms with Gasteiger partial charge in [0, 0.05) is 23.4 Å². The van der Waals surface area contributed by atoms with Gasteiger partial charge < -0.3 is 10.4 Å². The highest BCUT2D eigenvalue weighted by Gasteiger charge is 2.17. The standard InChI is InChI=1S/C14H11FN2O4/c1-8-2-4-10(7-13(8)18)16-14(19)9-3-5-11(15)12(6-9)17(20)21/h2-7,18H,1H3,(H,16,19). The second kappa shape index (κ2) is 5.58. The van der Waals surface area contributed by atoms with E-state index in [4.69, 9.17) is 0 Å². The van der Waals surface area contributed by atoms with Crippen molar-refractivity contribution < 1.29 is 19.2 Å². The van der Waals surface area contributed by atoms with Crippen molar-refractivity contribution in [3.05, 3.63) is 63.5 Å². The molecule has 0 bridgehead atoms. The third-order valence-electron chi connectivity index (χ3n) is 2.87. The fourth-order valence-corrected chi connectivity index (χ4v) is 1.68. The summed E-state index contributed by atoms with van der Waals surface area (Å²) in [5.74, 6) is -1.64. The SMILES string of the molecule is Cc1ccc(NC(=O)c2ccc(F)c([N+](=O)[O-])c2)cc1O. The van der Waals surface area contributed by atoms with Gasteiger partial charge >= 0.3 is 5.69 Å².